The highest BCUT2D eigenvalue weighted by Gasteiger charge is 2.28. The predicted octanol–water partition coefficient (Wildman–Crippen LogP) is 4.98. The number of allylic oxidation sites excluding steroid dienone is 5. The zero-order valence-electron chi connectivity index (χ0n) is 19.6. The summed E-state index contributed by atoms with van der Waals surface area (Å²) >= 11 is 6.07. The first-order valence-corrected chi connectivity index (χ1v) is 12.3. The van der Waals surface area contributed by atoms with Crippen LogP contribution < -0.4 is 9.80 Å². The molecule has 1 unspecified atom stereocenters. The van der Waals surface area contributed by atoms with Crippen molar-refractivity contribution >= 4 is 23.4 Å². The third-order valence-corrected chi connectivity index (χ3v) is 6.82. The number of piperazine rings is 1. The molecule has 6 nitrogen and oxygen atoms in total. The lowest BCUT2D eigenvalue weighted by molar-refractivity contribution is 0.122. The zero-order chi connectivity index (χ0) is 24.4. The van der Waals surface area contributed by atoms with E-state index in [1.54, 1.807) is 18.2 Å². The van der Waals surface area contributed by atoms with Gasteiger partial charge in [-0.1, -0.05) is 23.8 Å². The Bertz CT molecular complexity index is 1180. The van der Waals surface area contributed by atoms with E-state index in [1.165, 1.54) is 6.07 Å². The first kappa shape index (κ1) is 23.8. The molecule has 0 saturated carbocycles. The van der Waals surface area contributed by atoms with Crippen molar-refractivity contribution in [1.82, 2.24) is 14.9 Å². The minimum Gasteiger partial charge on any atom is -0.378 e. The molecule has 0 amide bonds. The largest absolute Gasteiger partial charge is 0.378 e. The van der Waals surface area contributed by atoms with Crippen LogP contribution in [0, 0.1) is 5.82 Å². The summed E-state index contributed by atoms with van der Waals surface area (Å²) in [6, 6.07) is 6.63. The highest BCUT2D eigenvalue weighted by Crippen LogP contribution is 2.31. The van der Waals surface area contributed by atoms with E-state index in [4.69, 9.17) is 26.3 Å². The van der Waals surface area contributed by atoms with Crippen molar-refractivity contribution in [2.75, 3.05) is 55.7 Å². The molecule has 2 saturated heterocycles. The van der Waals surface area contributed by atoms with Crippen LogP contribution in [-0.4, -0.2) is 66.8 Å². The quantitative estimate of drug-likeness (QED) is 0.591. The van der Waals surface area contributed by atoms with E-state index in [9.17, 15) is 8.78 Å². The molecule has 9 heteroatoms. The van der Waals surface area contributed by atoms with Crippen molar-refractivity contribution in [2.24, 2.45) is 0 Å². The summed E-state index contributed by atoms with van der Waals surface area (Å²) in [5.41, 5.74) is 2.03. The molecule has 2 aromatic rings. The van der Waals surface area contributed by atoms with Crippen LogP contribution in [0.15, 0.2) is 60.1 Å². The van der Waals surface area contributed by atoms with Crippen molar-refractivity contribution < 1.29 is 13.5 Å². The molecule has 0 bridgehead atoms. The number of nitrogens with zero attached hydrogens (tertiary/aromatic N) is 5. The fourth-order valence-electron chi connectivity index (χ4n) is 4.65. The fraction of sp³-hybridized carbons (Fsp3) is 0.385. The van der Waals surface area contributed by atoms with Gasteiger partial charge in [0.05, 0.1) is 29.6 Å². The average Bonchev–Trinajstić information content (AvgIpc) is 3.10. The molecule has 1 aromatic carbocycles. The Morgan fingerprint density at radius 3 is 2.54 bits per heavy atom. The molecular formula is C26H28ClF2N5O. The summed E-state index contributed by atoms with van der Waals surface area (Å²) in [4.78, 5) is 16.1. The molecule has 3 aliphatic rings. The summed E-state index contributed by atoms with van der Waals surface area (Å²) in [7, 11) is 0. The lowest BCUT2D eigenvalue weighted by atomic mass is 10.1. The Kier molecular flexibility index (Phi) is 7.02. The number of benzene rings is 1. The lowest BCUT2D eigenvalue weighted by Gasteiger charge is -2.42. The second-order valence-electron chi connectivity index (χ2n) is 8.90. The molecule has 0 radical (unpaired) electrons. The van der Waals surface area contributed by atoms with Gasteiger partial charge >= 0.3 is 0 Å². The number of hydrogen-bond donors (Lipinski definition) is 0. The topological polar surface area (TPSA) is 44.7 Å². The summed E-state index contributed by atoms with van der Waals surface area (Å²) in [5, 5.41) is 0.0540. The zero-order valence-corrected chi connectivity index (χ0v) is 20.4. The number of hydrogen-bond acceptors (Lipinski definition) is 6. The molecule has 5 rings (SSSR count). The molecule has 184 valence electrons. The maximum atomic E-state index is 14.6. The van der Waals surface area contributed by atoms with Crippen LogP contribution in [0.2, 0.25) is 5.02 Å². The van der Waals surface area contributed by atoms with Gasteiger partial charge in [0.2, 0.25) is 5.95 Å². The number of aromatic nitrogens is 2. The third-order valence-electron chi connectivity index (χ3n) is 6.53. The van der Waals surface area contributed by atoms with E-state index in [-0.39, 0.29) is 16.9 Å². The Labute approximate surface area is 209 Å². The van der Waals surface area contributed by atoms with Crippen molar-refractivity contribution in [1.29, 1.82) is 0 Å². The molecule has 1 atom stereocenters. The molecule has 2 fully saturated rings. The van der Waals surface area contributed by atoms with Crippen LogP contribution in [-0.2, 0) is 4.74 Å². The van der Waals surface area contributed by atoms with Crippen LogP contribution >= 0.6 is 11.6 Å². The van der Waals surface area contributed by atoms with Gasteiger partial charge in [0.1, 0.15) is 17.5 Å². The maximum Gasteiger partial charge on any atom is 0.228 e. The molecule has 35 heavy (non-hydrogen) atoms. The third kappa shape index (κ3) is 5.18. The Hall–Kier alpha value is -2.97. The van der Waals surface area contributed by atoms with Gasteiger partial charge in [0.25, 0.3) is 0 Å². The Morgan fingerprint density at radius 2 is 1.77 bits per heavy atom. The molecule has 0 spiro atoms. The van der Waals surface area contributed by atoms with Gasteiger partial charge in [-0.2, -0.15) is 4.98 Å². The molecule has 3 heterocycles. The Balaban J connectivity index is 1.46. The number of halogens is 3. The summed E-state index contributed by atoms with van der Waals surface area (Å²) in [6.07, 6.45) is 7.96. The predicted molar refractivity (Wildman–Crippen MR) is 135 cm³/mol. The van der Waals surface area contributed by atoms with Gasteiger partial charge < -0.3 is 19.4 Å². The van der Waals surface area contributed by atoms with Gasteiger partial charge in [0, 0.05) is 50.4 Å². The van der Waals surface area contributed by atoms with Crippen molar-refractivity contribution in [3.8, 4) is 11.3 Å². The lowest BCUT2D eigenvalue weighted by Crippen LogP contribution is -2.52. The monoisotopic (exact) mass is 499 g/mol. The summed E-state index contributed by atoms with van der Waals surface area (Å²) in [5.74, 6) is 0.731. The molecule has 1 aromatic heterocycles. The van der Waals surface area contributed by atoms with E-state index < -0.39 is 5.82 Å². The number of anilines is 2. The van der Waals surface area contributed by atoms with E-state index >= 15 is 0 Å². The van der Waals surface area contributed by atoms with Crippen molar-refractivity contribution in [2.45, 2.75) is 19.4 Å². The molecule has 1 aliphatic carbocycles. The summed E-state index contributed by atoms with van der Waals surface area (Å²) < 4.78 is 33.9. The molecule has 2 aliphatic heterocycles. The van der Waals surface area contributed by atoms with Crippen molar-refractivity contribution in [3.05, 3.63) is 70.9 Å². The van der Waals surface area contributed by atoms with Crippen LogP contribution in [0.1, 0.15) is 13.3 Å². The van der Waals surface area contributed by atoms with Gasteiger partial charge in [-0.15, -0.1) is 0 Å². The minimum atomic E-state index is -0.466. The second kappa shape index (κ2) is 10.3. The van der Waals surface area contributed by atoms with E-state index in [0.717, 1.165) is 17.8 Å². The second-order valence-corrected chi connectivity index (χ2v) is 9.31. The minimum absolute atomic E-state index is 0.0540. The molecular weight excluding hydrogens is 472 g/mol. The highest BCUT2D eigenvalue weighted by atomic mass is 35.5. The SMILES string of the molecule is CC1CN(C2=C(F)C=CCC=C2)CCN1c1cc(-c2ccc(F)c(Cl)c2)nc(N2CCOCC2)n1. The van der Waals surface area contributed by atoms with Crippen LogP contribution in [0.3, 0.4) is 0 Å². The Morgan fingerprint density at radius 1 is 0.971 bits per heavy atom. The normalized spacial score (nSPS) is 21.0. The first-order chi connectivity index (χ1) is 17.0. The van der Waals surface area contributed by atoms with Gasteiger partial charge in [-0.25, -0.2) is 13.8 Å². The number of rotatable bonds is 4. The van der Waals surface area contributed by atoms with Crippen LogP contribution in [0.5, 0.6) is 0 Å². The highest BCUT2D eigenvalue weighted by molar-refractivity contribution is 6.31. The maximum absolute atomic E-state index is 14.6. The number of ether oxygens (including phenoxy) is 1. The molecule has 0 N–H and O–H groups in total. The van der Waals surface area contributed by atoms with Crippen molar-refractivity contribution in [3.63, 3.8) is 0 Å². The number of morpholine rings is 1. The van der Waals surface area contributed by atoms with Gasteiger partial charge in [0.15, 0.2) is 0 Å². The van der Waals surface area contributed by atoms with Gasteiger partial charge in [-0.05, 0) is 43.7 Å². The van der Waals surface area contributed by atoms with Gasteiger partial charge in [-0.3, -0.25) is 0 Å². The smallest absolute Gasteiger partial charge is 0.228 e. The van der Waals surface area contributed by atoms with Crippen LogP contribution in [0.4, 0.5) is 20.5 Å². The standard InChI is InChI=1S/C26H28ClF2N5O/c1-18-17-33(24-6-4-2-3-5-22(24)29)9-10-34(18)25-16-23(19-7-8-21(28)20(27)15-19)30-26(31-25)32-11-13-35-14-12-32/h3-8,15-16,18H,2,9-14,17H2,1H3. The van der Waals surface area contributed by atoms with E-state index in [2.05, 4.69) is 21.6 Å². The average molecular weight is 500 g/mol. The first-order valence-electron chi connectivity index (χ1n) is 11.9. The fourth-order valence-corrected chi connectivity index (χ4v) is 4.83. The van der Waals surface area contributed by atoms with E-state index in [1.807, 2.05) is 24.3 Å². The van der Waals surface area contributed by atoms with E-state index in [0.29, 0.717) is 63.3 Å². The van der Waals surface area contributed by atoms with Crippen LogP contribution in [0.25, 0.3) is 11.3 Å². The summed E-state index contributed by atoms with van der Waals surface area (Å²) in [6.45, 7) is 6.75.